The molecule has 0 aliphatic carbocycles. The molecule has 1 heterocycles. The molecule has 0 saturated carbocycles. The quantitative estimate of drug-likeness (QED) is 0.531. The lowest BCUT2D eigenvalue weighted by Crippen LogP contribution is -1.88. The monoisotopic (exact) mass is 202 g/mol. The van der Waals surface area contributed by atoms with Crippen molar-refractivity contribution in [2.45, 2.75) is 12.2 Å². The van der Waals surface area contributed by atoms with Gasteiger partial charge in [-0.1, -0.05) is 23.7 Å². The molecular weight excluding hydrogens is 195 g/mol. The van der Waals surface area contributed by atoms with Gasteiger partial charge < -0.3 is 4.74 Å². The van der Waals surface area contributed by atoms with Crippen LogP contribution in [0.25, 0.3) is 0 Å². The molecule has 2 atom stereocenters. The molecule has 1 aromatic carbocycles. The molecule has 0 amide bonds. The number of alkyl halides is 1. The summed E-state index contributed by atoms with van der Waals surface area (Å²) in [5.74, 6) is 0.563. The van der Waals surface area contributed by atoms with E-state index in [9.17, 15) is 0 Å². The minimum Gasteiger partial charge on any atom is -0.363 e. The van der Waals surface area contributed by atoms with Crippen LogP contribution in [0.3, 0.4) is 0 Å². The summed E-state index contributed by atoms with van der Waals surface area (Å²) in [7, 11) is 0. The Labute approximate surface area is 81.2 Å². The van der Waals surface area contributed by atoms with Gasteiger partial charge in [0.25, 0.3) is 0 Å². The molecule has 64 valence electrons. The number of hydrogen-bond acceptors (Lipinski definition) is 1. The normalized spacial score (nSPS) is 27.2. The zero-order valence-electron chi connectivity index (χ0n) is 6.34. The Hall–Kier alpha value is -0.240. The van der Waals surface area contributed by atoms with Crippen LogP contribution in [-0.4, -0.2) is 12.0 Å². The molecule has 1 fully saturated rings. The highest BCUT2D eigenvalue weighted by molar-refractivity contribution is 6.30. The second kappa shape index (κ2) is 3.25. The van der Waals surface area contributed by atoms with Crippen molar-refractivity contribution in [2.75, 3.05) is 5.88 Å². The summed E-state index contributed by atoms with van der Waals surface area (Å²) >= 11 is 11.4. The third-order valence-electron chi connectivity index (χ3n) is 1.93. The van der Waals surface area contributed by atoms with Gasteiger partial charge in [0.1, 0.15) is 12.2 Å². The summed E-state index contributed by atoms with van der Waals surface area (Å²) in [6.07, 6.45) is 0.396. The molecule has 1 aliphatic rings. The molecule has 0 N–H and O–H groups in total. The molecule has 0 aromatic heterocycles. The third kappa shape index (κ3) is 1.58. The minimum atomic E-state index is 0.194. The van der Waals surface area contributed by atoms with Gasteiger partial charge in [0.2, 0.25) is 0 Å². The van der Waals surface area contributed by atoms with E-state index < -0.39 is 0 Å². The zero-order valence-corrected chi connectivity index (χ0v) is 7.85. The van der Waals surface area contributed by atoms with E-state index in [0.717, 1.165) is 10.6 Å². The van der Waals surface area contributed by atoms with Crippen LogP contribution in [0.2, 0.25) is 5.02 Å². The van der Waals surface area contributed by atoms with Crippen molar-refractivity contribution in [3.05, 3.63) is 34.9 Å². The van der Waals surface area contributed by atoms with Gasteiger partial charge in [-0.05, 0) is 17.7 Å². The van der Waals surface area contributed by atoms with Gasteiger partial charge in [0.05, 0.1) is 5.88 Å². The van der Waals surface area contributed by atoms with E-state index in [1.165, 1.54) is 0 Å². The first-order chi connectivity index (χ1) is 5.81. The average molecular weight is 203 g/mol. The molecule has 0 radical (unpaired) electrons. The van der Waals surface area contributed by atoms with Crippen molar-refractivity contribution in [3.63, 3.8) is 0 Å². The summed E-state index contributed by atoms with van der Waals surface area (Å²) < 4.78 is 5.32. The van der Waals surface area contributed by atoms with Crippen molar-refractivity contribution in [1.29, 1.82) is 0 Å². The highest BCUT2D eigenvalue weighted by atomic mass is 35.5. The molecule has 1 nitrogen and oxygen atoms in total. The highest BCUT2D eigenvalue weighted by Crippen LogP contribution is 2.39. The zero-order chi connectivity index (χ0) is 8.55. The largest absolute Gasteiger partial charge is 0.363 e. The van der Waals surface area contributed by atoms with E-state index >= 15 is 0 Å². The Morgan fingerprint density at radius 2 is 1.92 bits per heavy atom. The molecule has 3 heteroatoms. The lowest BCUT2D eigenvalue weighted by molar-refractivity contribution is 0.384. The first kappa shape index (κ1) is 8.36. The third-order valence-corrected chi connectivity index (χ3v) is 2.49. The number of benzene rings is 1. The van der Waals surface area contributed by atoms with E-state index in [2.05, 4.69) is 0 Å². The Morgan fingerprint density at radius 3 is 2.42 bits per heavy atom. The summed E-state index contributed by atoms with van der Waals surface area (Å²) in [6, 6.07) is 7.67. The molecule has 2 rings (SSSR count). The molecule has 1 saturated heterocycles. The van der Waals surface area contributed by atoms with E-state index in [1.54, 1.807) is 0 Å². The highest BCUT2D eigenvalue weighted by Gasteiger charge is 2.38. The maximum absolute atomic E-state index is 5.74. The van der Waals surface area contributed by atoms with Crippen LogP contribution in [0.15, 0.2) is 24.3 Å². The summed E-state index contributed by atoms with van der Waals surface area (Å²) in [6.45, 7) is 0. The van der Waals surface area contributed by atoms with Crippen LogP contribution in [-0.2, 0) is 4.74 Å². The van der Waals surface area contributed by atoms with Crippen LogP contribution in [0.5, 0.6) is 0 Å². The predicted molar refractivity (Wildman–Crippen MR) is 49.8 cm³/mol. The van der Waals surface area contributed by atoms with E-state index in [1.807, 2.05) is 24.3 Å². The minimum absolute atomic E-state index is 0.194. The lowest BCUT2D eigenvalue weighted by atomic mass is 10.1. The fourth-order valence-corrected chi connectivity index (χ4v) is 1.57. The molecule has 1 aliphatic heterocycles. The van der Waals surface area contributed by atoms with Crippen molar-refractivity contribution < 1.29 is 4.74 Å². The Morgan fingerprint density at radius 1 is 1.25 bits per heavy atom. The molecule has 0 spiro atoms. The van der Waals surface area contributed by atoms with Gasteiger partial charge in [0.15, 0.2) is 0 Å². The molecule has 0 bridgehead atoms. The van der Waals surface area contributed by atoms with E-state index in [0.29, 0.717) is 5.88 Å². The SMILES string of the molecule is ClCC1OC1c1ccc(Cl)cc1. The standard InChI is InChI=1S/C9H8Cl2O/c10-5-8-9(12-8)6-1-3-7(11)4-2-6/h1-4,8-9H,5H2. The number of rotatable bonds is 2. The Kier molecular flexibility index (Phi) is 2.26. The summed E-state index contributed by atoms with van der Waals surface area (Å²) in [5, 5.41) is 0.752. The fraction of sp³-hybridized carbons (Fsp3) is 0.333. The second-order valence-corrected chi connectivity index (χ2v) is 3.55. The van der Waals surface area contributed by atoms with Crippen molar-refractivity contribution in [3.8, 4) is 0 Å². The summed E-state index contributed by atoms with van der Waals surface area (Å²) in [5.41, 5.74) is 1.16. The second-order valence-electron chi connectivity index (χ2n) is 2.80. The molecule has 2 unspecified atom stereocenters. The molecule has 12 heavy (non-hydrogen) atoms. The van der Waals surface area contributed by atoms with Gasteiger partial charge in [-0.25, -0.2) is 0 Å². The predicted octanol–water partition coefficient (Wildman–Crippen LogP) is 3.02. The Bertz CT molecular complexity index is 270. The van der Waals surface area contributed by atoms with Crippen LogP contribution < -0.4 is 0 Å². The number of hydrogen-bond donors (Lipinski definition) is 0. The Balaban J connectivity index is 2.10. The lowest BCUT2D eigenvalue weighted by Gasteiger charge is -1.94. The van der Waals surface area contributed by atoms with Crippen LogP contribution in [0, 0.1) is 0 Å². The maximum atomic E-state index is 5.74. The maximum Gasteiger partial charge on any atom is 0.110 e. The topological polar surface area (TPSA) is 12.5 Å². The van der Waals surface area contributed by atoms with Gasteiger partial charge in [-0.15, -0.1) is 11.6 Å². The number of halogens is 2. The van der Waals surface area contributed by atoms with Crippen molar-refractivity contribution in [2.24, 2.45) is 0 Å². The van der Waals surface area contributed by atoms with Crippen molar-refractivity contribution in [1.82, 2.24) is 0 Å². The van der Waals surface area contributed by atoms with Gasteiger partial charge in [0, 0.05) is 5.02 Å². The molecular formula is C9H8Cl2O. The van der Waals surface area contributed by atoms with Crippen LogP contribution in [0.4, 0.5) is 0 Å². The van der Waals surface area contributed by atoms with Gasteiger partial charge >= 0.3 is 0 Å². The smallest absolute Gasteiger partial charge is 0.110 e. The van der Waals surface area contributed by atoms with Crippen LogP contribution in [0.1, 0.15) is 11.7 Å². The molecule has 1 aromatic rings. The van der Waals surface area contributed by atoms with Gasteiger partial charge in [-0.3, -0.25) is 0 Å². The van der Waals surface area contributed by atoms with Gasteiger partial charge in [-0.2, -0.15) is 0 Å². The van der Waals surface area contributed by atoms with Crippen LogP contribution >= 0.6 is 23.2 Å². The van der Waals surface area contributed by atoms with E-state index in [4.69, 9.17) is 27.9 Å². The number of epoxide rings is 1. The number of ether oxygens (including phenoxy) is 1. The first-order valence-electron chi connectivity index (χ1n) is 3.78. The fourth-order valence-electron chi connectivity index (χ4n) is 1.21. The average Bonchev–Trinajstić information content (AvgIpc) is 2.85. The summed E-state index contributed by atoms with van der Waals surface area (Å²) in [4.78, 5) is 0. The van der Waals surface area contributed by atoms with E-state index in [-0.39, 0.29) is 12.2 Å². The van der Waals surface area contributed by atoms with Crippen molar-refractivity contribution >= 4 is 23.2 Å². The first-order valence-corrected chi connectivity index (χ1v) is 4.69.